The Morgan fingerprint density at radius 2 is 1.57 bits per heavy atom. The number of ether oxygens (including phenoxy) is 1. The van der Waals surface area contributed by atoms with Crippen molar-refractivity contribution in [2.45, 2.75) is 61.9 Å². The monoisotopic (exact) mass is 870 g/mol. The zero-order valence-electron chi connectivity index (χ0n) is 35.0. The molecule has 9 rings (SSSR count). The fourth-order valence-corrected chi connectivity index (χ4v) is 10.1. The molecule has 16 nitrogen and oxygen atoms in total. The lowest BCUT2D eigenvalue weighted by Gasteiger charge is -2.35. The van der Waals surface area contributed by atoms with Crippen LogP contribution in [0.25, 0.3) is 22.3 Å². The summed E-state index contributed by atoms with van der Waals surface area (Å²) >= 11 is 1.55. The van der Waals surface area contributed by atoms with Gasteiger partial charge in [-0.1, -0.05) is 24.3 Å². The first kappa shape index (κ1) is 42.1. The summed E-state index contributed by atoms with van der Waals surface area (Å²) in [5, 5.41) is 8.00. The number of piperazine rings is 1. The molecule has 3 saturated heterocycles. The maximum absolute atomic E-state index is 13.6. The number of para-hydroxylation sites is 1. The van der Waals surface area contributed by atoms with E-state index in [1.54, 1.807) is 23.9 Å². The molecule has 2 atom stereocenters. The summed E-state index contributed by atoms with van der Waals surface area (Å²) in [7, 11) is 0. The predicted molar refractivity (Wildman–Crippen MR) is 237 cm³/mol. The van der Waals surface area contributed by atoms with Gasteiger partial charge in [0.05, 0.1) is 22.6 Å². The number of piperidine rings is 2. The maximum atomic E-state index is 13.6. The second-order valence-corrected chi connectivity index (χ2v) is 17.6. The molecule has 63 heavy (non-hydrogen) atoms. The van der Waals surface area contributed by atoms with Gasteiger partial charge >= 0.3 is 0 Å². The van der Waals surface area contributed by atoms with Crippen LogP contribution in [0.3, 0.4) is 0 Å². The number of carbonyl (C=O) groups excluding carboxylic acids is 5. The fraction of sp³-hybridized carbons (Fsp3) is 0.391. The standard InChI is InChI=1S/C46H50N10O6S/c47-42-40-41(30-14-16-33(17-15-30)62-32-9-2-1-3-10-32)51-56(43(40)49-29-48-42)31-8-5-22-54(28-31)38(58)13-6-20-52-23-25-53(26-24-52)21-7-27-63-36-12-4-11-34-39(36)46(61)55(45(34)60)35-18-19-37(57)50-44(35)59/h1-4,9-12,14-17,29,31,35H,5-8,13,18-28H2,(H2,47,48,49)(H,50,57,59). The van der Waals surface area contributed by atoms with Crippen molar-refractivity contribution in [1.29, 1.82) is 0 Å². The van der Waals surface area contributed by atoms with Crippen LogP contribution in [0.1, 0.15) is 71.7 Å². The summed E-state index contributed by atoms with van der Waals surface area (Å²) in [6, 6.07) is 21.6. The molecule has 0 bridgehead atoms. The number of anilines is 1. The van der Waals surface area contributed by atoms with Gasteiger partial charge in [-0.3, -0.25) is 34.2 Å². The van der Waals surface area contributed by atoms with Crippen LogP contribution in [0.15, 0.2) is 84.0 Å². The molecule has 3 N–H and O–H groups in total. The first-order chi connectivity index (χ1) is 30.7. The lowest BCUT2D eigenvalue weighted by atomic mass is 10.0. The third kappa shape index (κ3) is 9.03. The number of amides is 5. The van der Waals surface area contributed by atoms with Crippen LogP contribution >= 0.6 is 11.8 Å². The molecular weight excluding hydrogens is 821 g/mol. The molecule has 0 aliphatic carbocycles. The Balaban J connectivity index is 0.721. The van der Waals surface area contributed by atoms with Gasteiger partial charge in [0.2, 0.25) is 17.7 Å². The lowest BCUT2D eigenvalue weighted by molar-refractivity contribution is -0.136. The van der Waals surface area contributed by atoms with Crippen molar-refractivity contribution in [2.24, 2.45) is 0 Å². The van der Waals surface area contributed by atoms with E-state index >= 15 is 0 Å². The van der Waals surface area contributed by atoms with Gasteiger partial charge in [-0.25, -0.2) is 14.6 Å². The van der Waals surface area contributed by atoms with Crippen molar-refractivity contribution in [1.82, 2.24) is 44.7 Å². The van der Waals surface area contributed by atoms with Gasteiger partial charge in [0.15, 0.2) is 5.65 Å². The smallest absolute Gasteiger partial charge is 0.263 e. The second kappa shape index (κ2) is 18.7. The first-order valence-electron chi connectivity index (χ1n) is 21.7. The Morgan fingerprint density at radius 3 is 2.33 bits per heavy atom. The van der Waals surface area contributed by atoms with Gasteiger partial charge in [-0.2, -0.15) is 5.10 Å². The molecule has 6 heterocycles. The van der Waals surface area contributed by atoms with Crippen LogP contribution in [0, 0.1) is 0 Å². The third-order valence-electron chi connectivity index (χ3n) is 12.4. The number of nitrogens with two attached hydrogens (primary N) is 1. The molecule has 0 spiro atoms. The Morgan fingerprint density at radius 1 is 0.825 bits per heavy atom. The largest absolute Gasteiger partial charge is 0.457 e. The number of benzene rings is 3. The van der Waals surface area contributed by atoms with E-state index in [4.69, 9.17) is 15.6 Å². The molecule has 4 aliphatic rings. The maximum Gasteiger partial charge on any atom is 0.263 e. The minimum Gasteiger partial charge on any atom is -0.457 e. The number of fused-ring (bicyclic) bond motifs is 2. The number of nitrogens with one attached hydrogen (secondary N) is 1. The zero-order chi connectivity index (χ0) is 43.5. The average Bonchev–Trinajstić information content (AvgIpc) is 3.82. The highest BCUT2D eigenvalue weighted by molar-refractivity contribution is 7.99. The summed E-state index contributed by atoms with van der Waals surface area (Å²) < 4.78 is 7.93. The van der Waals surface area contributed by atoms with E-state index in [9.17, 15) is 24.0 Å². The molecule has 5 amide bonds. The minimum absolute atomic E-state index is 0.0454. The number of likely N-dealkylation sites (tertiary alicyclic amines) is 1. The molecule has 0 saturated carbocycles. The van der Waals surface area contributed by atoms with Crippen molar-refractivity contribution in [3.05, 3.63) is 90.3 Å². The number of hydrogen-bond donors (Lipinski definition) is 2. The van der Waals surface area contributed by atoms with E-state index in [1.165, 1.54) is 6.33 Å². The van der Waals surface area contributed by atoms with Crippen LogP contribution < -0.4 is 15.8 Å². The topological polar surface area (TPSA) is 189 Å². The van der Waals surface area contributed by atoms with Crippen molar-refractivity contribution in [2.75, 3.05) is 63.8 Å². The number of thioether (sulfide) groups is 1. The molecule has 5 aromatic rings. The highest BCUT2D eigenvalue weighted by Gasteiger charge is 2.45. The minimum atomic E-state index is -0.978. The van der Waals surface area contributed by atoms with Crippen molar-refractivity contribution in [3.63, 3.8) is 0 Å². The highest BCUT2D eigenvalue weighted by atomic mass is 32.2. The summed E-state index contributed by atoms with van der Waals surface area (Å²) in [4.78, 5) is 81.8. The van der Waals surface area contributed by atoms with Crippen LogP contribution in [0.2, 0.25) is 0 Å². The van der Waals surface area contributed by atoms with Crippen molar-refractivity contribution >= 4 is 58.1 Å². The third-order valence-corrected chi connectivity index (χ3v) is 13.5. The Bertz CT molecular complexity index is 2530. The molecular formula is C46H50N10O6S. The Hall–Kier alpha value is -6.17. The average molecular weight is 871 g/mol. The number of rotatable bonds is 14. The molecule has 0 radical (unpaired) electrons. The molecule has 3 fully saturated rings. The Kier molecular flexibility index (Phi) is 12.5. The summed E-state index contributed by atoms with van der Waals surface area (Å²) in [6.07, 6.45) is 5.62. The molecule has 326 valence electrons. The molecule has 4 aliphatic heterocycles. The highest BCUT2D eigenvalue weighted by Crippen LogP contribution is 2.37. The van der Waals surface area contributed by atoms with Crippen LogP contribution in [0.4, 0.5) is 5.82 Å². The molecule has 3 aromatic carbocycles. The van der Waals surface area contributed by atoms with Gasteiger partial charge in [0.1, 0.15) is 35.4 Å². The lowest BCUT2D eigenvalue weighted by Crippen LogP contribution is -2.54. The summed E-state index contributed by atoms with van der Waals surface area (Å²) in [5.74, 6) is 0.801. The molecule has 2 unspecified atom stereocenters. The first-order valence-corrected chi connectivity index (χ1v) is 22.7. The van der Waals surface area contributed by atoms with Gasteiger partial charge < -0.3 is 25.2 Å². The quantitative estimate of drug-likeness (QED) is 0.0862. The van der Waals surface area contributed by atoms with Crippen LogP contribution in [0.5, 0.6) is 11.5 Å². The molecule has 2 aromatic heterocycles. The zero-order valence-corrected chi connectivity index (χ0v) is 35.8. The van der Waals surface area contributed by atoms with Gasteiger partial charge in [0.25, 0.3) is 11.8 Å². The Labute approximate surface area is 369 Å². The van der Waals surface area contributed by atoms with E-state index < -0.39 is 29.7 Å². The van der Waals surface area contributed by atoms with E-state index in [1.807, 2.05) is 70.2 Å². The van der Waals surface area contributed by atoms with E-state index in [-0.39, 0.29) is 24.8 Å². The number of nitrogens with zero attached hydrogens (tertiary/aromatic N) is 8. The SMILES string of the molecule is Nc1ncnc2c1c(-c1ccc(Oc3ccccc3)cc1)nn2C1CCCN(C(=O)CCCN2CCN(CCCSc3cccc4c3C(=O)N(C3CCC(=O)NC3=O)C4=O)CC2)C1. The van der Waals surface area contributed by atoms with Crippen molar-refractivity contribution in [3.8, 4) is 22.8 Å². The van der Waals surface area contributed by atoms with E-state index in [0.29, 0.717) is 52.4 Å². The van der Waals surface area contributed by atoms with Gasteiger partial charge in [0, 0.05) is 62.6 Å². The fourth-order valence-electron chi connectivity index (χ4n) is 9.06. The summed E-state index contributed by atoms with van der Waals surface area (Å²) in [5.41, 5.74) is 9.31. The van der Waals surface area contributed by atoms with Crippen LogP contribution in [-0.4, -0.2) is 133 Å². The van der Waals surface area contributed by atoms with Crippen LogP contribution in [-0.2, 0) is 14.4 Å². The normalized spacial score (nSPS) is 19.7. The second-order valence-electron chi connectivity index (χ2n) is 16.4. The van der Waals surface area contributed by atoms with Gasteiger partial charge in [-0.15, -0.1) is 11.8 Å². The predicted octanol–water partition coefficient (Wildman–Crippen LogP) is 5.01. The molecule has 17 heteroatoms. The van der Waals surface area contributed by atoms with E-state index in [0.717, 1.165) is 98.4 Å². The number of aromatic nitrogens is 4. The number of imide groups is 2. The number of hydrogen-bond acceptors (Lipinski definition) is 13. The number of carbonyl (C=O) groups is 5. The van der Waals surface area contributed by atoms with Crippen molar-refractivity contribution < 1.29 is 28.7 Å². The van der Waals surface area contributed by atoms with E-state index in [2.05, 4.69) is 25.1 Å². The summed E-state index contributed by atoms with van der Waals surface area (Å²) in [6.45, 7) is 6.83. The van der Waals surface area contributed by atoms with Gasteiger partial charge in [-0.05, 0) is 99.5 Å². The number of nitrogen functional groups attached to an aromatic ring is 1.